The summed E-state index contributed by atoms with van der Waals surface area (Å²) in [7, 11) is 1.88. The van der Waals surface area contributed by atoms with Gasteiger partial charge in [-0.05, 0) is 6.92 Å². The monoisotopic (exact) mass is 284 g/mol. The number of hydrogen-bond donors (Lipinski definition) is 0. The zero-order chi connectivity index (χ0) is 14.9. The maximum absolute atomic E-state index is 9.18. The van der Waals surface area contributed by atoms with Gasteiger partial charge in [0.1, 0.15) is 11.7 Å². The van der Waals surface area contributed by atoms with Gasteiger partial charge in [0.05, 0.1) is 19.3 Å². The molecular formula is C14H16N6O. The number of rotatable bonds is 2. The molecular weight excluding hydrogens is 268 g/mol. The fourth-order valence-electron chi connectivity index (χ4n) is 2.56. The summed E-state index contributed by atoms with van der Waals surface area (Å²) in [6.07, 6.45) is 6.90. The third kappa shape index (κ3) is 2.45. The Morgan fingerprint density at radius 3 is 2.90 bits per heavy atom. The molecule has 0 N–H and O–H groups in total. The number of nitrogens with zero attached hydrogens (tertiary/aromatic N) is 6. The summed E-state index contributed by atoms with van der Waals surface area (Å²) in [5, 5.41) is 13.4. The van der Waals surface area contributed by atoms with E-state index in [-0.39, 0.29) is 0 Å². The van der Waals surface area contributed by atoms with Crippen LogP contribution in [0.5, 0.6) is 0 Å². The van der Waals surface area contributed by atoms with Crippen molar-refractivity contribution >= 4 is 5.82 Å². The molecule has 2 aromatic rings. The normalized spacial score (nSPS) is 22.0. The topological polar surface area (TPSA) is 79.9 Å². The second-order valence-electron chi connectivity index (χ2n) is 5.24. The molecule has 0 amide bonds. The molecule has 108 valence electrons. The average Bonchev–Trinajstić information content (AvgIpc) is 2.95. The highest BCUT2D eigenvalue weighted by atomic mass is 16.5. The van der Waals surface area contributed by atoms with Crippen LogP contribution in [0.25, 0.3) is 0 Å². The number of morpholine rings is 1. The van der Waals surface area contributed by atoms with E-state index < -0.39 is 5.60 Å². The Kier molecular flexibility index (Phi) is 3.31. The van der Waals surface area contributed by atoms with Crippen LogP contribution in [0.3, 0.4) is 0 Å². The van der Waals surface area contributed by atoms with Crippen molar-refractivity contribution in [3.05, 3.63) is 36.0 Å². The molecule has 1 fully saturated rings. The largest absolute Gasteiger partial charge is 0.367 e. The minimum Gasteiger partial charge on any atom is -0.367 e. The van der Waals surface area contributed by atoms with Crippen molar-refractivity contribution < 1.29 is 4.74 Å². The van der Waals surface area contributed by atoms with Crippen LogP contribution in [0.1, 0.15) is 18.2 Å². The van der Waals surface area contributed by atoms with E-state index in [0.717, 1.165) is 5.56 Å². The van der Waals surface area contributed by atoms with Crippen LogP contribution in [0, 0.1) is 11.3 Å². The maximum atomic E-state index is 9.18. The van der Waals surface area contributed by atoms with Crippen LogP contribution < -0.4 is 4.90 Å². The van der Waals surface area contributed by atoms with E-state index in [1.54, 1.807) is 10.9 Å². The molecule has 1 aliphatic heterocycles. The van der Waals surface area contributed by atoms with Gasteiger partial charge in [-0.25, -0.2) is 9.97 Å². The lowest BCUT2D eigenvalue weighted by Crippen LogP contribution is -2.48. The van der Waals surface area contributed by atoms with Crippen LogP contribution in [-0.4, -0.2) is 39.4 Å². The molecule has 2 aromatic heterocycles. The summed E-state index contributed by atoms with van der Waals surface area (Å²) in [6.45, 7) is 3.88. The Labute approximate surface area is 122 Å². The minimum atomic E-state index is -0.475. The molecule has 1 saturated heterocycles. The Hall–Kier alpha value is -2.46. The summed E-state index contributed by atoms with van der Waals surface area (Å²) in [5.74, 6) is 0.610. The number of aryl methyl sites for hydroxylation is 1. The van der Waals surface area contributed by atoms with Gasteiger partial charge in [-0.3, -0.25) is 4.68 Å². The van der Waals surface area contributed by atoms with E-state index >= 15 is 0 Å². The first-order valence-corrected chi connectivity index (χ1v) is 6.71. The highest BCUT2D eigenvalue weighted by Crippen LogP contribution is 2.31. The minimum absolute atomic E-state index is 0.341. The van der Waals surface area contributed by atoms with Gasteiger partial charge in [0.15, 0.2) is 11.5 Å². The molecule has 3 heterocycles. The molecule has 1 aliphatic rings. The van der Waals surface area contributed by atoms with E-state index in [9.17, 15) is 5.26 Å². The number of nitriles is 1. The van der Waals surface area contributed by atoms with E-state index in [2.05, 4.69) is 21.1 Å². The first kappa shape index (κ1) is 13.5. The number of aromatic nitrogens is 4. The van der Waals surface area contributed by atoms with Gasteiger partial charge >= 0.3 is 0 Å². The quantitative estimate of drug-likeness (QED) is 0.812. The molecule has 0 spiro atoms. The second kappa shape index (κ2) is 5.14. The van der Waals surface area contributed by atoms with Crippen molar-refractivity contribution in [2.75, 3.05) is 24.6 Å². The van der Waals surface area contributed by atoms with Gasteiger partial charge in [-0.2, -0.15) is 10.4 Å². The van der Waals surface area contributed by atoms with Crippen molar-refractivity contribution in [1.29, 1.82) is 5.26 Å². The van der Waals surface area contributed by atoms with Gasteiger partial charge in [0, 0.05) is 37.7 Å². The maximum Gasteiger partial charge on any atom is 0.183 e. The molecule has 0 bridgehead atoms. The summed E-state index contributed by atoms with van der Waals surface area (Å²) >= 11 is 0. The predicted molar refractivity (Wildman–Crippen MR) is 75.5 cm³/mol. The van der Waals surface area contributed by atoms with Crippen LogP contribution in [0.2, 0.25) is 0 Å². The number of ether oxygens (including phenoxy) is 1. The zero-order valence-corrected chi connectivity index (χ0v) is 12.0. The molecule has 0 unspecified atom stereocenters. The Balaban J connectivity index is 1.91. The first-order valence-electron chi connectivity index (χ1n) is 6.71. The fraction of sp³-hybridized carbons (Fsp3) is 0.429. The fourth-order valence-corrected chi connectivity index (χ4v) is 2.56. The molecule has 0 radical (unpaired) electrons. The standard InChI is InChI=1S/C14H16N6O/c1-14(11-8-18-19(2)9-11)10-20(5-6-21-14)13-12(7-15)16-3-4-17-13/h3-4,8-9H,5-6,10H2,1-2H3/t14-/m1/s1. The Morgan fingerprint density at radius 1 is 1.38 bits per heavy atom. The molecule has 7 heteroatoms. The highest BCUT2D eigenvalue weighted by Gasteiger charge is 2.36. The van der Waals surface area contributed by atoms with Crippen LogP contribution in [0.4, 0.5) is 5.82 Å². The molecule has 1 atom stereocenters. The third-order valence-corrected chi connectivity index (χ3v) is 3.67. The van der Waals surface area contributed by atoms with Crippen molar-refractivity contribution in [1.82, 2.24) is 19.7 Å². The zero-order valence-electron chi connectivity index (χ0n) is 12.0. The molecule has 0 saturated carbocycles. The first-order chi connectivity index (χ1) is 10.1. The Morgan fingerprint density at radius 2 is 2.19 bits per heavy atom. The molecule has 7 nitrogen and oxygen atoms in total. The smallest absolute Gasteiger partial charge is 0.183 e. The van der Waals surface area contributed by atoms with Gasteiger partial charge in [-0.1, -0.05) is 0 Å². The number of anilines is 1. The molecule has 21 heavy (non-hydrogen) atoms. The lowest BCUT2D eigenvalue weighted by Gasteiger charge is -2.40. The summed E-state index contributed by atoms with van der Waals surface area (Å²) < 4.78 is 7.72. The number of hydrogen-bond acceptors (Lipinski definition) is 6. The van der Waals surface area contributed by atoms with Gasteiger partial charge < -0.3 is 9.64 Å². The predicted octanol–water partition coefficient (Wildman–Crippen LogP) is 0.834. The van der Waals surface area contributed by atoms with Crippen LogP contribution >= 0.6 is 0 Å². The van der Waals surface area contributed by atoms with Crippen LogP contribution in [0.15, 0.2) is 24.8 Å². The van der Waals surface area contributed by atoms with Crippen molar-refractivity contribution in [2.45, 2.75) is 12.5 Å². The van der Waals surface area contributed by atoms with Crippen molar-refractivity contribution in [2.24, 2.45) is 7.05 Å². The van der Waals surface area contributed by atoms with E-state index in [1.165, 1.54) is 6.20 Å². The summed E-state index contributed by atoms with van der Waals surface area (Å²) in [6, 6.07) is 2.09. The van der Waals surface area contributed by atoms with Gasteiger partial charge in [0.25, 0.3) is 0 Å². The summed E-state index contributed by atoms with van der Waals surface area (Å²) in [4.78, 5) is 10.4. The van der Waals surface area contributed by atoms with E-state index in [0.29, 0.717) is 31.2 Å². The molecule has 3 rings (SSSR count). The van der Waals surface area contributed by atoms with Crippen molar-refractivity contribution in [3.8, 4) is 6.07 Å². The van der Waals surface area contributed by atoms with E-state index in [4.69, 9.17) is 4.74 Å². The summed E-state index contributed by atoms with van der Waals surface area (Å²) in [5.41, 5.74) is 0.876. The lowest BCUT2D eigenvalue weighted by molar-refractivity contribution is -0.0468. The molecule has 0 aromatic carbocycles. The SMILES string of the molecule is Cn1cc([C@@]2(C)CN(c3nccnc3C#N)CCO2)cn1. The van der Waals surface area contributed by atoms with Gasteiger partial charge in [-0.15, -0.1) is 0 Å². The average molecular weight is 284 g/mol. The highest BCUT2D eigenvalue weighted by molar-refractivity contribution is 5.50. The Bertz CT molecular complexity index is 691. The van der Waals surface area contributed by atoms with Gasteiger partial charge in [0.2, 0.25) is 0 Å². The molecule has 0 aliphatic carbocycles. The lowest BCUT2D eigenvalue weighted by atomic mass is 9.97. The van der Waals surface area contributed by atoms with E-state index in [1.807, 2.05) is 31.3 Å². The van der Waals surface area contributed by atoms with Crippen molar-refractivity contribution in [3.63, 3.8) is 0 Å². The van der Waals surface area contributed by atoms with Crippen LogP contribution in [-0.2, 0) is 17.4 Å². The third-order valence-electron chi connectivity index (χ3n) is 3.67. The second-order valence-corrected chi connectivity index (χ2v) is 5.24.